The first-order chi connectivity index (χ1) is 11.8. The summed E-state index contributed by atoms with van der Waals surface area (Å²) in [7, 11) is 0. The van der Waals surface area contributed by atoms with Crippen LogP contribution < -0.4 is 0 Å². The van der Waals surface area contributed by atoms with Gasteiger partial charge in [0.15, 0.2) is 0 Å². The van der Waals surface area contributed by atoms with Crippen molar-refractivity contribution in [3.63, 3.8) is 0 Å². The van der Waals surface area contributed by atoms with Crippen molar-refractivity contribution in [2.45, 2.75) is 19.4 Å². The second-order valence-electron chi connectivity index (χ2n) is 5.96. The Bertz CT molecular complexity index is 842. The van der Waals surface area contributed by atoms with Crippen molar-refractivity contribution >= 4 is 5.91 Å². The summed E-state index contributed by atoms with van der Waals surface area (Å²) in [6, 6.07) is 15.8. The van der Waals surface area contributed by atoms with Gasteiger partial charge in [0.1, 0.15) is 0 Å². The Morgan fingerprint density at radius 1 is 1.12 bits per heavy atom. The molecule has 120 valence electrons. The molecule has 1 amide bonds. The molecule has 0 radical (unpaired) electrons. The van der Waals surface area contributed by atoms with Gasteiger partial charge in [-0.1, -0.05) is 36.4 Å². The number of aromatic nitrogens is 3. The van der Waals surface area contributed by atoms with Crippen molar-refractivity contribution < 1.29 is 4.79 Å². The van der Waals surface area contributed by atoms with E-state index in [1.165, 1.54) is 0 Å². The zero-order valence-electron chi connectivity index (χ0n) is 13.3. The third kappa shape index (κ3) is 2.80. The van der Waals surface area contributed by atoms with Crippen molar-refractivity contribution in [3.05, 3.63) is 71.7 Å². The summed E-state index contributed by atoms with van der Waals surface area (Å²) < 4.78 is 0. The lowest BCUT2D eigenvalue weighted by molar-refractivity contribution is -0.131. The van der Waals surface area contributed by atoms with Crippen LogP contribution in [0.5, 0.6) is 0 Å². The quantitative estimate of drug-likeness (QED) is 0.807. The van der Waals surface area contributed by atoms with Crippen LogP contribution in [-0.4, -0.2) is 32.5 Å². The molecule has 1 N–H and O–H groups in total. The summed E-state index contributed by atoms with van der Waals surface area (Å²) in [5.41, 5.74) is 5.09. The van der Waals surface area contributed by atoms with E-state index in [0.29, 0.717) is 13.0 Å². The molecule has 24 heavy (non-hydrogen) atoms. The van der Waals surface area contributed by atoms with Gasteiger partial charge in [-0.25, -0.2) is 0 Å². The number of nitrogens with one attached hydrogen (secondary N) is 1. The molecule has 1 aliphatic heterocycles. The number of hydrogen-bond acceptors (Lipinski definition) is 3. The van der Waals surface area contributed by atoms with Gasteiger partial charge in [0.25, 0.3) is 0 Å². The molecule has 2 aromatic heterocycles. The second kappa shape index (κ2) is 6.28. The summed E-state index contributed by atoms with van der Waals surface area (Å²) in [6.07, 6.45) is 2.87. The fraction of sp³-hybridized carbons (Fsp3) is 0.211. The van der Waals surface area contributed by atoms with Crippen LogP contribution in [-0.2, 0) is 24.2 Å². The zero-order chi connectivity index (χ0) is 16.4. The van der Waals surface area contributed by atoms with E-state index < -0.39 is 0 Å². The fourth-order valence-electron chi connectivity index (χ4n) is 3.11. The topological polar surface area (TPSA) is 61.9 Å². The molecule has 1 aliphatic rings. The van der Waals surface area contributed by atoms with Gasteiger partial charge >= 0.3 is 0 Å². The van der Waals surface area contributed by atoms with Crippen LogP contribution in [0, 0.1) is 0 Å². The molecule has 0 saturated carbocycles. The minimum absolute atomic E-state index is 0.111. The van der Waals surface area contributed by atoms with E-state index >= 15 is 0 Å². The molecule has 4 rings (SSSR count). The third-order valence-electron chi connectivity index (χ3n) is 4.39. The molecule has 1 aromatic carbocycles. The van der Waals surface area contributed by atoms with Crippen molar-refractivity contribution in [2.75, 3.05) is 6.54 Å². The first-order valence-electron chi connectivity index (χ1n) is 8.10. The van der Waals surface area contributed by atoms with Crippen LogP contribution in [0.4, 0.5) is 0 Å². The number of hydrogen-bond donors (Lipinski definition) is 1. The summed E-state index contributed by atoms with van der Waals surface area (Å²) in [6.45, 7) is 1.32. The maximum atomic E-state index is 12.6. The third-order valence-corrected chi connectivity index (χ3v) is 4.39. The molecule has 0 unspecified atom stereocenters. The van der Waals surface area contributed by atoms with Crippen molar-refractivity contribution in [1.29, 1.82) is 0 Å². The van der Waals surface area contributed by atoms with Crippen LogP contribution in [0.25, 0.3) is 11.3 Å². The van der Waals surface area contributed by atoms with Gasteiger partial charge in [-0.05, 0) is 12.1 Å². The highest BCUT2D eigenvalue weighted by Gasteiger charge is 2.25. The summed E-state index contributed by atoms with van der Waals surface area (Å²) in [5, 5.41) is 7.60. The Morgan fingerprint density at radius 3 is 2.75 bits per heavy atom. The molecule has 0 spiro atoms. The summed E-state index contributed by atoms with van der Waals surface area (Å²) in [5.74, 6) is 0.111. The number of carbonyl (C=O) groups excluding carboxylic acids is 1. The number of benzene rings is 1. The van der Waals surface area contributed by atoms with E-state index in [2.05, 4.69) is 15.2 Å². The SMILES string of the molecule is O=C(Cc1ccccn1)N1CCc2[nH]nc(-c3ccccc3)c2C1. The zero-order valence-corrected chi connectivity index (χ0v) is 13.3. The Hall–Kier alpha value is -2.95. The number of pyridine rings is 1. The second-order valence-corrected chi connectivity index (χ2v) is 5.96. The Kier molecular flexibility index (Phi) is 3.83. The first-order valence-corrected chi connectivity index (χ1v) is 8.10. The molecule has 0 fully saturated rings. The van der Waals surface area contributed by atoms with E-state index in [0.717, 1.165) is 41.2 Å². The molecule has 3 heterocycles. The number of rotatable bonds is 3. The van der Waals surface area contributed by atoms with Gasteiger partial charge in [-0.2, -0.15) is 5.10 Å². The standard InChI is InChI=1S/C19H18N4O/c24-18(12-15-8-4-5-10-20-15)23-11-9-17-16(13-23)19(22-21-17)14-6-2-1-3-7-14/h1-8,10H,9,11-13H2,(H,21,22). The number of nitrogens with zero attached hydrogens (tertiary/aromatic N) is 3. The molecular weight excluding hydrogens is 300 g/mol. The van der Waals surface area contributed by atoms with Gasteiger partial charge in [0.2, 0.25) is 5.91 Å². The molecule has 3 aromatic rings. The smallest absolute Gasteiger partial charge is 0.228 e. The highest BCUT2D eigenvalue weighted by atomic mass is 16.2. The lowest BCUT2D eigenvalue weighted by Crippen LogP contribution is -2.37. The minimum Gasteiger partial charge on any atom is -0.337 e. The minimum atomic E-state index is 0.111. The molecule has 0 atom stereocenters. The number of H-pyrrole nitrogens is 1. The summed E-state index contributed by atoms with van der Waals surface area (Å²) >= 11 is 0. The Balaban J connectivity index is 1.55. The van der Waals surface area contributed by atoms with Gasteiger partial charge < -0.3 is 4.90 Å². The summed E-state index contributed by atoms with van der Waals surface area (Å²) in [4.78, 5) is 18.8. The van der Waals surface area contributed by atoms with E-state index in [9.17, 15) is 4.79 Å². The van der Waals surface area contributed by atoms with Crippen molar-refractivity contribution in [3.8, 4) is 11.3 Å². The van der Waals surface area contributed by atoms with Crippen LogP contribution in [0.1, 0.15) is 17.0 Å². The van der Waals surface area contributed by atoms with Crippen molar-refractivity contribution in [1.82, 2.24) is 20.1 Å². The number of amides is 1. The maximum absolute atomic E-state index is 12.6. The van der Waals surface area contributed by atoms with E-state index in [4.69, 9.17) is 0 Å². The number of aromatic amines is 1. The Morgan fingerprint density at radius 2 is 1.96 bits per heavy atom. The Labute approximate surface area is 140 Å². The molecule has 5 nitrogen and oxygen atoms in total. The molecule has 5 heteroatoms. The first kappa shape index (κ1) is 14.6. The average molecular weight is 318 g/mol. The average Bonchev–Trinajstić information content (AvgIpc) is 3.06. The monoisotopic (exact) mass is 318 g/mol. The number of fused-ring (bicyclic) bond motifs is 1. The largest absolute Gasteiger partial charge is 0.337 e. The van der Waals surface area contributed by atoms with Gasteiger partial charge in [-0.15, -0.1) is 0 Å². The lowest BCUT2D eigenvalue weighted by Gasteiger charge is -2.27. The van der Waals surface area contributed by atoms with Crippen LogP contribution in [0.15, 0.2) is 54.7 Å². The predicted molar refractivity (Wildman–Crippen MR) is 91.1 cm³/mol. The van der Waals surface area contributed by atoms with Crippen LogP contribution in [0.3, 0.4) is 0 Å². The predicted octanol–water partition coefficient (Wildman–Crippen LogP) is 2.60. The van der Waals surface area contributed by atoms with Gasteiger partial charge in [0, 0.05) is 48.2 Å². The normalized spacial score (nSPS) is 13.6. The maximum Gasteiger partial charge on any atom is 0.228 e. The van der Waals surface area contributed by atoms with Crippen molar-refractivity contribution in [2.24, 2.45) is 0 Å². The van der Waals surface area contributed by atoms with Gasteiger partial charge in [0.05, 0.1) is 12.1 Å². The fourth-order valence-corrected chi connectivity index (χ4v) is 3.11. The van der Waals surface area contributed by atoms with Crippen LogP contribution >= 0.6 is 0 Å². The van der Waals surface area contributed by atoms with E-state index in [-0.39, 0.29) is 5.91 Å². The lowest BCUT2D eigenvalue weighted by atomic mass is 10.0. The van der Waals surface area contributed by atoms with Crippen LogP contribution in [0.2, 0.25) is 0 Å². The molecular formula is C19H18N4O. The van der Waals surface area contributed by atoms with E-state index in [1.807, 2.05) is 53.4 Å². The highest BCUT2D eigenvalue weighted by molar-refractivity contribution is 5.79. The van der Waals surface area contributed by atoms with E-state index in [1.54, 1.807) is 6.20 Å². The highest BCUT2D eigenvalue weighted by Crippen LogP contribution is 2.28. The number of carbonyl (C=O) groups is 1. The van der Waals surface area contributed by atoms with Gasteiger partial charge in [-0.3, -0.25) is 14.9 Å². The molecule has 0 aliphatic carbocycles. The molecule has 0 bridgehead atoms. The molecule has 0 saturated heterocycles.